The summed E-state index contributed by atoms with van der Waals surface area (Å²) in [5.41, 5.74) is 5.80. The van der Waals surface area contributed by atoms with Crippen LogP contribution in [0.25, 0.3) is 22.2 Å². The van der Waals surface area contributed by atoms with Gasteiger partial charge in [-0.3, -0.25) is 9.48 Å². The van der Waals surface area contributed by atoms with Crippen molar-refractivity contribution in [2.45, 2.75) is 50.7 Å². The molecule has 2 aliphatic heterocycles. The number of hydrogen-bond donors (Lipinski definition) is 3. The number of ether oxygens (including phenoxy) is 2. The zero-order valence-corrected chi connectivity index (χ0v) is 28.0. The van der Waals surface area contributed by atoms with Crippen molar-refractivity contribution in [2.75, 3.05) is 26.8 Å². The summed E-state index contributed by atoms with van der Waals surface area (Å²) in [6.45, 7) is 5.50. The summed E-state index contributed by atoms with van der Waals surface area (Å²) in [5.74, 6) is 3.13. The van der Waals surface area contributed by atoms with Crippen LogP contribution in [0.4, 0.5) is 8.78 Å². The number of fused-ring (bicyclic) bond motifs is 2. The van der Waals surface area contributed by atoms with Gasteiger partial charge in [0.2, 0.25) is 0 Å². The maximum atomic E-state index is 15.4. The number of methoxy groups -OCH3 is 1. The van der Waals surface area contributed by atoms with Crippen LogP contribution in [0.5, 0.6) is 11.5 Å². The first-order valence-corrected chi connectivity index (χ1v) is 17.1. The Morgan fingerprint density at radius 3 is 2.67 bits per heavy atom. The molecule has 1 aliphatic carbocycles. The number of allylic oxidation sites excluding steroid dienone is 3. The number of amides is 1. The third-order valence-corrected chi connectivity index (χ3v) is 11.5. The first-order chi connectivity index (χ1) is 22.9. The van der Waals surface area contributed by atoms with E-state index in [-0.39, 0.29) is 42.2 Å². The molecule has 250 valence electrons. The quantitative estimate of drug-likeness (QED) is 0.193. The van der Waals surface area contributed by atoms with Crippen LogP contribution in [0.3, 0.4) is 0 Å². The van der Waals surface area contributed by atoms with Crippen molar-refractivity contribution in [3.8, 4) is 22.8 Å². The average molecular weight is 674 g/mol. The van der Waals surface area contributed by atoms with Crippen LogP contribution in [0, 0.1) is 18.6 Å². The predicted molar refractivity (Wildman–Crippen MR) is 184 cm³/mol. The fraction of sp³-hybridized carbons (Fsp3) is 0.333. The van der Waals surface area contributed by atoms with Gasteiger partial charge in [-0.05, 0) is 67.5 Å². The lowest BCUT2D eigenvalue weighted by Gasteiger charge is -2.32. The number of benzene rings is 2. The molecule has 2 unspecified atom stereocenters. The van der Waals surface area contributed by atoms with E-state index in [1.165, 1.54) is 20.1 Å². The number of pyridine rings is 1. The highest BCUT2D eigenvalue weighted by atomic mass is 32.2. The van der Waals surface area contributed by atoms with Gasteiger partial charge in [-0.25, -0.2) is 13.8 Å². The number of carbonyl (C=O) groups excluding carboxylic acids is 1. The van der Waals surface area contributed by atoms with Gasteiger partial charge in [0, 0.05) is 51.2 Å². The molecule has 48 heavy (non-hydrogen) atoms. The van der Waals surface area contributed by atoms with Crippen molar-refractivity contribution < 1.29 is 28.2 Å². The Morgan fingerprint density at radius 2 is 2.00 bits per heavy atom. The van der Waals surface area contributed by atoms with E-state index in [2.05, 4.69) is 16.3 Å². The van der Waals surface area contributed by atoms with Crippen LogP contribution >= 0.6 is 10.5 Å². The molecule has 2 aromatic carbocycles. The third kappa shape index (κ3) is 5.22. The number of nitrogens with two attached hydrogens (primary N) is 1. The summed E-state index contributed by atoms with van der Waals surface area (Å²) in [6, 6.07) is 7.63. The van der Waals surface area contributed by atoms with Crippen LogP contribution in [0.15, 0.2) is 58.5 Å². The highest BCUT2D eigenvalue weighted by Crippen LogP contribution is 2.51. The Bertz CT molecular complexity index is 2110. The van der Waals surface area contributed by atoms with Crippen molar-refractivity contribution in [2.24, 2.45) is 5.73 Å². The maximum absolute atomic E-state index is 15.4. The van der Waals surface area contributed by atoms with Gasteiger partial charge >= 0.3 is 0 Å². The lowest BCUT2D eigenvalue weighted by molar-refractivity contribution is 0.0695. The van der Waals surface area contributed by atoms with Crippen molar-refractivity contribution >= 4 is 33.2 Å². The summed E-state index contributed by atoms with van der Waals surface area (Å²) in [7, 11) is 0.766. The second-order valence-corrected chi connectivity index (χ2v) is 14.9. The van der Waals surface area contributed by atoms with Gasteiger partial charge in [-0.2, -0.15) is 5.10 Å². The first-order valence-electron chi connectivity index (χ1n) is 15.7. The summed E-state index contributed by atoms with van der Waals surface area (Å²) >= 11 is 0. The monoisotopic (exact) mass is 673 g/mol. The second-order valence-electron chi connectivity index (χ2n) is 13.1. The number of aryl methyl sites for hydroxylation is 1. The lowest BCUT2D eigenvalue weighted by Crippen LogP contribution is -2.43. The average Bonchev–Trinajstić information content (AvgIpc) is 3.62. The lowest BCUT2D eigenvalue weighted by atomic mass is 9.82. The van der Waals surface area contributed by atoms with E-state index in [0.717, 1.165) is 29.2 Å². The number of carbonyl (C=O) groups is 1. The Labute approximate surface area is 279 Å². The van der Waals surface area contributed by atoms with Crippen LogP contribution in [0.2, 0.25) is 0 Å². The van der Waals surface area contributed by atoms with Gasteiger partial charge in [0.1, 0.15) is 34.3 Å². The summed E-state index contributed by atoms with van der Waals surface area (Å²) in [4.78, 5) is 20.1. The summed E-state index contributed by atoms with van der Waals surface area (Å²) in [5, 5.41) is 21.1. The van der Waals surface area contributed by atoms with E-state index >= 15 is 4.39 Å². The van der Waals surface area contributed by atoms with Crippen LogP contribution in [-0.2, 0) is 11.0 Å². The van der Waals surface area contributed by atoms with E-state index in [4.69, 9.17) is 20.2 Å². The predicted octanol–water partition coefficient (Wildman–Crippen LogP) is 5.76. The van der Waals surface area contributed by atoms with Crippen molar-refractivity contribution in [3.63, 3.8) is 0 Å². The second kappa shape index (κ2) is 11.6. The minimum atomic E-state index is -1.88. The fourth-order valence-corrected chi connectivity index (χ4v) is 7.66. The smallest absolute Gasteiger partial charge is 0.251 e. The molecule has 3 atom stereocenters. The molecule has 3 aliphatic rings. The van der Waals surface area contributed by atoms with Gasteiger partial charge in [-0.15, -0.1) is 10.5 Å². The molecule has 0 radical (unpaired) electrons. The molecule has 0 saturated heterocycles. The highest BCUT2D eigenvalue weighted by Gasteiger charge is 2.44. The van der Waals surface area contributed by atoms with E-state index < -0.39 is 39.0 Å². The van der Waals surface area contributed by atoms with Gasteiger partial charge in [0.15, 0.2) is 5.60 Å². The number of aliphatic hydroxyl groups is 1. The molecule has 4 heterocycles. The molecule has 1 saturated carbocycles. The molecular formula is C36H37F2N5O4S. The molecule has 0 spiro atoms. The fourth-order valence-electron chi connectivity index (χ4n) is 6.26. The Balaban J connectivity index is 1.33. The van der Waals surface area contributed by atoms with Crippen molar-refractivity contribution in [1.82, 2.24) is 20.1 Å². The number of rotatable bonds is 9. The van der Waals surface area contributed by atoms with E-state index in [0.29, 0.717) is 39.1 Å². The zero-order chi connectivity index (χ0) is 34.1. The normalized spacial score (nSPS) is 21.4. The number of aromatic nitrogens is 3. The number of halogens is 2. The Kier molecular flexibility index (Phi) is 7.80. The topological polar surface area (TPSA) is 125 Å². The van der Waals surface area contributed by atoms with Crippen molar-refractivity contribution in [3.05, 3.63) is 92.5 Å². The number of nitrogens with zero attached hydrogens (tertiary/aromatic N) is 3. The van der Waals surface area contributed by atoms with Gasteiger partial charge in [0.05, 0.1) is 32.0 Å². The Morgan fingerprint density at radius 1 is 1.23 bits per heavy atom. The van der Waals surface area contributed by atoms with Gasteiger partial charge < -0.3 is 25.6 Å². The van der Waals surface area contributed by atoms with Crippen molar-refractivity contribution in [1.29, 1.82) is 0 Å². The van der Waals surface area contributed by atoms with Crippen LogP contribution in [-0.4, -0.2) is 58.5 Å². The zero-order valence-electron chi connectivity index (χ0n) is 27.2. The molecule has 1 fully saturated rings. The third-order valence-electron chi connectivity index (χ3n) is 9.57. The molecule has 2 aromatic heterocycles. The molecule has 12 heteroatoms. The molecular weight excluding hydrogens is 636 g/mol. The summed E-state index contributed by atoms with van der Waals surface area (Å²) in [6.07, 6.45) is 7.69. The highest BCUT2D eigenvalue weighted by molar-refractivity contribution is 8.21. The molecule has 0 bridgehead atoms. The largest absolute Gasteiger partial charge is 0.494 e. The van der Waals surface area contributed by atoms with Crippen LogP contribution < -0.4 is 20.5 Å². The van der Waals surface area contributed by atoms with Gasteiger partial charge in [-0.1, -0.05) is 18.9 Å². The molecule has 4 N–H and O–H groups in total. The van der Waals surface area contributed by atoms with Crippen LogP contribution in [0.1, 0.15) is 59.9 Å². The number of nitrogens with one attached hydrogen (secondary N) is 1. The molecule has 1 amide bonds. The standard InChI is InChI=1S/C36H37F2N5O4S/c1-19-10-24(27(38)14-26(19)37)32-33-25(35(3,16-39)18-47-33)13-29(41-32)36(45,30-9-6-20(2)48(30)5)17-40-34(44)21-11-22-15-43(23-7-8-23)42-31(22)28(12-21)46-4/h6,9-15,23,45H,5,7-8,16-18,39H2,1-4H3,(H,40,44)/t35-,36?,48?/m0/s1. The summed E-state index contributed by atoms with van der Waals surface area (Å²) < 4.78 is 43.4. The van der Waals surface area contributed by atoms with Gasteiger partial charge in [0.25, 0.3) is 5.91 Å². The Hall–Kier alpha value is -4.39. The number of hydrogen-bond acceptors (Lipinski definition) is 7. The molecule has 7 rings (SSSR count). The van der Waals surface area contributed by atoms with E-state index in [1.807, 2.05) is 30.8 Å². The maximum Gasteiger partial charge on any atom is 0.251 e. The minimum absolute atomic E-state index is 0.0233. The minimum Gasteiger partial charge on any atom is -0.494 e. The SMILES string of the molecule is C=S1C(C)=CC=C1C(O)(CNC(=O)c1cc(OC)c2nn(C3CC3)cc2c1)c1cc2c(c(-c3cc(C)c(F)cc3F)n1)OC[C@]2(C)CN. The molecule has 4 aromatic rings. The van der Waals surface area contributed by atoms with E-state index in [1.54, 1.807) is 24.3 Å². The van der Waals surface area contributed by atoms with E-state index in [9.17, 15) is 14.3 Å². The molecule has 9 nitrogen and oxygen atoms in total. The first kappa shape index (κ1) is 32.2.